The highest BCUT2D eigenvalue weighted by molar-refractivity contribution is 7.99. The number of H-pyrrole nitrogens is 1. The molecule has 3 heterocycles. The number of rotatable bonds is 7. The summed E-state index contributed by atoms with van der Waals surface area (Å²) < 4.78 is 0. The zero-order valence-electron chi connectivity index (χ0n) is 15.7. The number of aliphatic hydroxyl groups is 1. The summed E-state index contributed by atoms with van der Waals surface area (Å²) in [6.45, 7) is 1.89. The molecule has 1 aliphatic heterocycles. The molecule has 3 aromatic rings. The topological polar surface area (TPSA) is 120 Å². The van der Waals surface area contributed by atoms with Crippen molar-refractivity contribution < 1.29 is 10.0 Å². The summed E-state index contributed by atoms with van der Waals surface area (Å²) in [6, 6.07) is 11.0. The largest absolute Gasteiger partial charge is 0.393 e. The molecule has 1 aliphatic rings. The lowest BCUT2D eigenvalue weighted by Crippen LogP contribution is -2.36. The Labute approximate surface area is 171 Å². The average molecular weight is 414 g/mol. The van der Waals surface area contributed by atoms with Crippen LogP contribution in [-0.4, -0.2) is 56.5 Å². The smallest absolute Gasteiger partial charge is 0.311 e. The van der Waals surface area contributed by atoms with Gasteiger partial charge in [-0.1, -0.05) is 23.9 Å². The number of aliphatic hydroxyl groups excluding tert-OH is 1. The summed E-state index contributed by atoms with van der Waals surface area (Å²) in [5.74, 6) is 1.64. The molecule has 1 saturated heterocycles. The first-order valence-electron chi connectivity index (χ1n) is 9.50. The van der Waals surface area contributed by atoms with Crippen LogP contribution < -0.4 is 10.2 Å². The fraction of sp³-hybridized carbons (Fsp3) is 0.368. The Morgan fingerprint density at radius 2 is 2.03 bits per heavy atom. The SMILES string of the molecule is O=[N+]([O-])c1ccc(N2CCC(O)CC2)nc1NCCSc1nc2ccccc2[nH]1. The van der Waals surface area contributed by atoms with Crippen molar-refractivity contribution in [2.24, 2.45) is 0 Å². The van der Waals surface area contributed by atoms with Gasteiger partial charge in [0.25, 0.3) is 0 Å². The van der Waals surface area contributed by atoms with Crippen LogP contribution in [0.1, 0.15) is 12.8 Å². The number of para-hydroxylation sites is 2. The number of aromatic nitrogens is 3. The summed E-state index contributed by atoms with van der Waals surface area (Å²) in [4.78, 5) is 25.2. The summed E-state index contributed by atoms with van der Waals surface area (Å²) >= 11 is 1.55. The van der Waals surface area contributed by atoms with Gasteiger partial charge < -0.3 is 20.3 Å². The van der Waals surface area contributed by atoms with Crippen molar-refractivity contribution in [2.45, 2.75) is 24.1 Å². The number of hydrogen-bond donors (Lipinski definition) is 3. The van der Waals surface area contributed by atoms with Gasteiger partial charge in [-0.15, -0.1) is 0 Å². The van der Waals surface area contributed by atoms with Crippen LogP contribution in [0.2, 0.25) is 0 Å². The van der Waals surface area contributed by atoms with Crippen molar-refractivity contribution in [1.82, 2.24) is 15.0 Å². The molecule has 2 aromatic heterocycles. The number of nitrogens with zero attached hydrogens (tertiary/aromatic N) is 4. The van der Waals surface area contributed by atoms with Gasteiger partial charge in [0, 0.05) is 31.5 Å². The third-order valence-electron chi connectivity index (χ3n) is 4.85. The monoisotopic (exact) mass is 414 g/mol. The first-order valence-corrected chi connectivity index (χ1v) is 10.5. The second kappa shape index (κ2) is 8.66. The minimum Gasteiger partial charge on any atom is -0.393 e. The highest BCUT2D eigenvalue weighted by Crippen LogP contribution is 2.27. The molecule has 3 N–H and O–H groups in total. The lowest BCUT2D eigenvalue weighted by atomic mass is 10.1. The molecule has 152 valence electrons. The van der Waals surface area contributed by atoms with E-state index in [1.54, 1.807) is 17.8 Å². The highest BCUT2D eigenvalue weighted by atomic mass is 32.2. The number of nitro groups is 1. The van der Waals surface area contributed by atoms with Gasteiger partial charge in [0.1, 0.15) is 5.82 Å². The summed E-state index contributed by atoms with van der Waals surface area (Å²) in [5, 5.41) is 24.9. The molecule has 0 aliphatic carbocycles. The van der Waals surface area contributed by atoms with Crippen LogP contribution in [0.15, 0.2) is 41.6 Å². The Hall–Kier alpha value is -2.85. The molecule has 0 amide bonds. The number of pyridine rings is 1. The Morgan fingerprint density at radius 3 is 2.79 bits per heavy atom. The zero-order valence-corrected chi connectivity index (χ0v) is 16.6. The molecule has 1 aromatic carbocycles. The van der Waals surface area contributed by atoms with Gasteiger partial charge in [0.15, 0.2) is 5.16 Å². The maximum Gasteiger partial charge on any atom is 0.311 e. The molecule has 0 unspecified atom stereocenters. The van der Waals surface area contributed by atoms with Crippen LogP contribution in [-0.2, 0) is 0 Å². The lowest BCUT2D eigenvalue weighted by molar-refractivity contribution is -0.384. The predicted octanol–water partition coefficient (Wildman–Crippen LogP) is 3.03. The minimum atomic E-state index is -0.425. The van der Waals surface area contributed by atoms with Crippen LogP contribution in [0.5, 0.6) is 0 Å². The number of fused-ring (bicyclic) bond motifs is 1. The maximum atomic E-state index is 11.4. The van der Waals surface area contributed by atoms with E-state index in [4.69, 9.17) is 0 Å². The number of hydrogen-bond acceptors (Lipinski definition) is 8. The molecule has 29 heavy (non-hydrogen) atoms. The number of thioether (sulfide) groups is 1. The quantitative estimate of drug-likeness (QED) is 0.234. The Bertz CT molecular complexity index is 970. The first kappa shape index (κ1) is 19.5. The van der Waals surface area contributed by atoms with E-state index >= 15 is 0 Å². The fourth-order valence-electron chi connectivity index (χ4n) is 3.30. The summed E-state index contributed by atoms with van der Waals surface area (Å²) in [5.41, 5.74) is 1.86. The van der Waals surface area contributed by atoms with Crippen molar-refractivity contribution in [3.05, 3.63) is 46.5 Å². The summed E-state index contributed by atoms with van der Waals surface area (Å²) in [6.07, 6.45) is 1.07. The van der Waals surface area contributed by atoms with Crippen molar-refractivity contribution >= 4 is 40.1 Å². The van der Waals surface area contributed by atoms with E-state index in [1.165, 1.54) is 6.07 Å². The number of nitrogens with one attached hydrogen (secondary N) is 2. The number of anilines is 2. The van der Waals surface area contributed by atoms with Gasteiger partial charge in [-0.2, -0.15) is 0 Å². The molecule has 0 radical (unpaired) electrons. The van der Waals surface area contributed by atoms with E-state index in [9.17, 15) is 15.2 Å². The van der Waals surface area contributed by atoms with Gasteiger partial charge in [0.05, 0.1) is 22.1 Å². The molecule has 1 fully saturated rings. The van der Waals surface area contributed by atoms with Crippen LogP contribution in [0, 0.1) is 10.1 Å². The Balaban J connectivity index is 1.39. The van der Waals surface area contributed by atoms with Gasteiger partial charge in [-0.25, -0.2) is 9.97 Å². The molecular formula is C19H22N6O3S. The number of benzene rings is 1. The predicted molar refractivity (Wildman–Crippen MR) is 114 cm³/mol. The number of imidazole rings is 1. The van der Waals surface area contributed by atoms with E-state index in [2.05, 4.69) is 20.3 Å². The standard InChI is InChI=1S/C19H22N6O3S/c26-13-7-10-24(11-8-13)17-6-5-16(25(27)28)18(23-17)20-9-12-29-19-21-14-3-1-2-4-15(14)22-19/h1-6,13,26H,7-12H2,(H,20,23)(H,21,22). The van der Waals surface area contributed by atoms with E-state index in [-0.39, 0.29) is 17.6 Å². The van der Waals surface area contributed by atoms with Crippen molar-refractivity contribution in [2.75, 3.05) is 35.6 Å². The molecule has 0 spiro atoms. The molecule has 10 heteroatoms. The first-order chi connectivity index (χ1) is 14.1. The second-order valence-corrected chi connectivity index (χ2v) is 7.93. The van der Waals surface area contributed by atoms with Crippen molar-refractivity contribution in [3.8, 4) is 0 Å². The van der Waals surface area contributed by atoms with Crippen LogP contribution in [0.4, 0.5) is 17.3 Å². The van der Waals surface area contributed by atoms with Crippen molar-refractivity contribution in [3.63, 3.8) is 0 Å². The molecule has 0 atom stereocenters. The van der Waals surface area contributed by atoms with E-state index in [0.717, 1.165) is 16.2 Å². The Kier molecular flexibility index (Phi) is 5.81. The van der Waals surface area contributed by atoms with E-state index < -0.39 is 4.92 Å². The molecule has 4 rings (SSSR count). The average Bonchev–Trinajstić information content (AvgIpc) is 3.14. The highest BCUT2D eigenvalue weighted by Gasteiger charge is 2.21. The maximum absolute atomic E-state index is 11.4. The van der Waals surface area contributed by atoms with Crippen LogP contribution in [0.3, 0.4) is 0 Å². The molecule has 0 saturated carbocycles. The van der Waals surface area contributed by atoms with Gasteiger partial charge in [-0.3, -0.25) is 10.1 Å². The fourth-order valence-corrected chi connectivity index (χ4v) is 4.05. The van der Waals surface area contributed by atoms with Crippen LogP contribution >= 0.6 is 11.8 Å². The normalized spacial score (nSPS) is 15.0. The van der Waals surface area contributed by atoms with Gasteiger partial charge >= 0.3 is 5.69 Å². The lowest BCUT2D eigenvalue weighted by Gasteiger charge is -2.30. The van der Waals surface area contributed by atoms with Gasteiger partial charge in [0.2, 0.25) is 5.82 Å². The van der Waals surface area contributed by atoms with Crippen molar-refractivity contribution in [1.29, 1.82) is 0 Å². The third kappa shape index (κ3) is 4.60. The second-order valence-electron chi connectivity index (χ2n) is 6.85. The molecule has 0 bridgehead atoms. The van der Waals surface area contributed by atoms with E-state index in [1.807, 2.05) is 29.2 Å². The Morgan fingerprint density at radius 1 is 1.24 bits per heavy atom. The van der Waals surface area contributed by atoms with Crippen LogP contribution in [0.25, 0.3) is 11.0 Å². The van der Waals surface area contributed by atoms with Gasteiger partial charge in [-0.05, 0) is 31.0 Å². The zero-order chi connectivity index (χ0) is 20.2. The minimum absolute atomic E-state index is 0.0421. The van der Waals surface area contributed by atoms with E-state index in [0.29, 0.717) is 44.0 Å². The third-order valence-corrected chi connectivity index (χ3v) is 5.72. The summed E-state index contributed by atoms with van der Waals surface area (Å²) in [7, 11) is 0. The molecular weight excluding hydrogens is 392 g/mol. The number of piperidine rings is 1. The number of aromatic amines is 1. The molecule has 9 nitrogen and oxygen atoms in total.